The lowest BCUT2D eigenvalue weighted by Gasteiger charge is -2.31. The number of rotatable bonds is 2. The van der Waals surface area contributed by atoms with Crippen LogP contribution in [0.4, 0.5) is 10.2 Å². The third-order valence-corrected chi connectivity index (χ3v) is 3.18. The van der Waals surface area contributed by atoms with E-state index in [9.17, 15) is 4.39 Å². The topological polar surface area (TPSA) is 16.1 Å². The molecule has 0 aromatic carbocycles. The molecule has 2 nitrogen and oxygen atoms in total. The molecular formula is C12H17FN2. The first-order chi connectivity index (χ1) is 7.27. The smallest absolute Gasteiger partial charge is 0.214 e. The number of nitrogens with zero attached hydrogens (tertiary/aromatic N) is 2. The van der Waals surface area contributed by atoms with Crippen LogP contribution in [0.5, 0.6) is 0 Å². The van der Waals surface area contributed by atoms with Gasteiger partial charge in [0.15, 0.2) is 0 Å². The van der Waals surface area contributed by atoms with Crippen molar-refractivity contribution in [2.75, 3.05) is 11.9 Å². The van der Waals surface area contributed by atoms with Gasteiger partial charge in [0.05, 0.1) is 0 Å². The molecule has 82 valence electrons. The second-order valence-corrected chi connectivity index (χ2v) is 4.22. The fourth-order valence-electron chi connectivity index (χ4n) is 2.25. The van der Waals surface area contributed by atoms with Gasteiger partial charge in [-0.25, -0.2) is 4.98 Å². The van der Waals surface area contributed by atoms with Crippen LogP contribution in [0.1, 0.15) is 32.1 Å². The first-order valence-electron chi connectivity index (χ1n) is 5.63. The van der Waals surface area contributed by atoms with Gasteiger partial charge in [0.25, 0.3) is 0 Å². The fraction of sp³-hybridized carbons (Fsp3) is 0.583. The van der Waals surface area contributed by atoms with Crippen LogP contribution in [0.2, 0.25) is 0 Å². The van der Waals surface area contributed by atoms with E-state index in [0.717, 1.165) is 5.82 Å². The SMILES string of the molecule is CN(c1cccc(F)n1)C1CCCCC1. The second-order valence-electron chi connectivity index (χ2n) is 4.22. The van der Waals surface area contributed by atoms with E-state index in [1.54, 1.807) is 6.07 Å². The third-order valence-electron chi connectivity index (χ3n) is 3.18. The van der Waals surface area contributed by atoms with Crippen molar-refractivity contribution >= 4 is 5.82 Å². The normalized spacial score (nSPS) is 17.7. The Kier molecular flexibility index (Phi) is 3.19. The molecular weight excluding hydrogens is 191 g/mol. The standard InChI is InChI=1S/C12H17FN2/c1-15(10-6-3-2-4-7-10)12-9-5-8-11(13)14-12/h5,8-10H,2-4,6-7H2,1H3. The summed E-state index contributed by atoms with van der Waals surface area (Å²) in [5, 5.41) is 0. The largest absolute Gasteiger partial charge is 0.357 e. The minimum atomic E-state index is -0.393. The molecule has 0 saturated heterocycles. The zero-order valence-electron chi connectivity index (χ0n) is 9.12. The zero-order valence-corrected chi connectivity index (χ0v) is 9.12. The Hall–Kier alpha value is -1.12. The molecule has 0 aliphatic heterocycles. The Bertz CT molecular complexity index is 321. The molecule has 0 amide bonds. The summed E-state index contributed by atoms with van der Waals surface area (Å²) >= 11 is 0. The van der Waals surface area contributed by atoms with Crippen LogP contribution < -0.4 is 4.90 Å². The van der Waals surface area contributed by atoms with Crippen molar-refractivity contribution in [1.29, 1.82) is 0 Å². The molecule has 1 aliphatic carbocycles. The Balaban J connectivity index is 2.08. The number of hydrogen-bond acceptors (Lipinski definition) is 2. The van der Waals surface area contributed by atoms with Crippen LogP contribution >= 0.6 is 0 Å². The first kappa shape index (κ1) is 10.4. The van der Waals surface area contributed by atoms with Gasteiger partial charge < -0.3 is 4.90 Å². The minimum Gasteiger partial charge on any atom is -0.357 e. The number of aromatic nitrogens is 1. The van der Waals surface area contributed by atoms with E-state index in [4.69, 9.17) is 0 Å². The average molecular weight is 208 g/mol. The number of pyridine rings is 1. The Morgan fingerprint density at radius 1 is 1.27 bits per heavy atom. The van der Waals surface area contributed by atoms with E-state index in [0.29, 0.717) is 6.04 Å². The van der Waals surface area contributed by atoms with Crippen LogP contribution in [-0.2, 0) is 0 Å². The average Bonchev–Trinajstić information content (AvgIpc) is 2.29. The van der Waals surface area contributed by atoms with Crippen molar-refractivity contribution in [2.24, 2.45) is 0 Å². The van der Waals surface area contributed by atoms with Gasteiger partial charge in [-0.05, 0) is 25.0 Å². The predicted molar refractivity (Wildman–Crippen MR) is 59.5 cm³/mol. The van der Waals surface area contributed by atoms with Crippen LogP contribution in [-0.4, -0.2) is 18.1 Å². The van der Waals surface area contributed by atoms with Crippen molar-refractivity contribution in [3.05, 3.63) is 24.1 Å². The van der Waals surface area contributed by atoms with Gasteiger partial charge in [0.2, 0.25) is 5.95 Å². The summed E-state index contributed by atoms with van der Waals surface area (Å²) in [4.78, 5) is 6.02. The monoisotopic (exact) mass is 208 g/mol. The van der Waals surface area contributed by atoms with Crippen molar-refractivity contribution in [3.63, 3.8) is 0 Å². The lowest BCUT2D eigenvalue weighted by molar-refractivity contribution is 0.424. The summed E-state index contributed by atoms with van der Waals surface area (Å²) in [5.74, 6) is 0.358. The van der Waals surface area contributed by atoms with Gasteiger partial charge in [-0.1, -0.05) is 25.3 Å². The molecule has 15 heavy (non-hydrogen) atoms. The quantitative estimate of drug-likeness (QED) is 0.694. The maximum Gasteiger partial charge on any atom is 0.214 e. The molecule has 3 heteroatoms. The Morgan fingerprint density at radius 3 is 2.67 bits per heavy atom. The molecule has 0 bridgehead atoms. The van der Waals surface area contributed by atoms with E-state index in [1.165, 1.54) is 38.2 Å². The first-order valence-corrected chi connectivity index (χ1v) is 5.63. The van der Waals surface area contributed by atoms with Crippen LogP contribution in [0.25, 0.3) is 0 Å². The third kappa shape index (κ3) is 2.46. The molecule has 1 aromatic heterocycles. The molecule has 1 saturated carbocycles. The Morgan fingerprint density at radius 2 is 2.00 bits per heavy atom. The van der Waals surface area contributed by atoms with Crippen molar-refractivity contribution in [1.82, 2.24) is 4.98 Å². The Labute approximate surface area is 90.1 Å². The maximum absolute atomic E-state index is 13.0. The van der Waals surface area contributed by atoms with Gasteiger partial charge in [-0.2, -0.15) is 4.39 Å². The van der Waals surface area contributed by atoms with E-state index in [2.05, 4.69) is 9.88 Å². The van der Waals surface area contributed by atoms with Crippen LogP contribution in [0.3, 0.4) is 0 Å². The van der Waals surface area contributed by atoms with Gasteiger partial charge >= 0.3 is 0 Å². The maximum atomic E-state index is 13.0. The summed E-state index contributed by atoms with van der Waals surface area (Å²) in [6, 6.07) is 5.51. The second kappa shape index (κ2) is 4.60. The van der Waals surface area contributed by atoms with Crippen molar-refractivity contribution in [3.8, 4) is 0 Å². The fourth-order valence-corrected chi connectivity index (χ4v) is 2.25. The van der Waals surface area contributed by atoms with Gasteiger partial charge in [-0.3, -0.25) is 0 Å². The van der Waals surface area contributed by atoms with Crippen LogP contribution in [0, 0.1) is 5.95 Å². The molecule has 0 unspecified atom stereocenters. The molecule has 0 radical (unpaired) electrons. The molecule has 0 N–H and O–H groups in total. The molecule has 1 heterocycles. The highest BCUT2D eigenvalue weighted by Crippen LogP contribution is 2.24. The minimum absolute atomic E-state index is 0.393. The molecule has 1 aliphatic rings. The van der Waals surface area contributed by atoms with Crippen molar-refractivity contribution < 1.29 is 4.39 Å². The number of anilines is 1. The molecule has 1 aromatic rings. The van der Waals surface area contributed by atoms with E-state index in [1.807, 2.05) is 13.1 Å². The number of halogens is 1. The summed E-state index contributed by atoms with van der Waals surface area (Å²) in [5.41, 5.74) is 0. The van der Waals surface area contributed by atoms with E-state index >= 15 is 0 Å². The summed E-state index contributed by atoms with van der Waals surface area (Å²) < 4.78 is 13.0. The van der Waals surface area contributed by atoms with E-state index in [-0.39, 0.29) is 0 Å². The lowest BCUT2D eigenvalue weighted by Crippen LogP contribution is -2.33. The summed E-state index contributed by atoms with van der Waals surface area (Å²) in [7, 11) is 2.01. The highest BCUT2D eigenvalue weighted by atomic mass is 19.1. The van der Waals surface area contributed by atoms with Crippen molar-refractivity contribution in [2.45, 2.75) is 38.1 Å². The molecule has 1 fully saturated rings. The zero-order chi connectivity index (χ0) is 10.7. The highest BCUT2D eigenvalue weighted by molar-refractivity contribution is 5.38. The molecule has 2 rings (SSSR count). The van der Waals surface area contributed by atoms with E-state index < -0.39 is 5.95 Å². The van der Waals surface area contributed by atoms with Gasteiger partial charge in [0.1, 0.15) is 5.82 Å². The van der Waals surface area contributed by atoms with Crippen LogP contribution in [0.15, 0.2) is 18.2 Å². The lowest BCUT2D eigenvalue weighted by atomic mass is 9.94. The van der Waals surface area contributed by atoms with Gasteiger partial charge in [-0.15, -0.1) is 0 Å². The predicted octanol–water partition coefficient (Wildman–Crippen LogP) is 2.99. The molecule has 0 spiro atoms. The summed E-state index contributed by atoms with van der Waals surface area (Å²) in [6.45, 7) is 0. The van der Waals surface area contributed by atoms with Gasteiger partial charge in [0, 0.05) is 13.1 Å². The highest BCUT2D eigenvalue weighted by Gasteiger charge is 2.19. The molecule has 0 atom stereocenters. The number of hydrogen-bond donors (Lipinski definition) is 0. The summed E-state index contributed by atoms with van der Waals surface area (Å²) in [6.07, 6.45) is 6.30.